The predicted octanol–water partition coefficient (Wildman–Crippen LogP) is 1.86. The maximum Gasteiger partial charge on any atom is 0.277 e. The molecule has 1 aromatic carbocycles. The van der Waals surface area contributed by atoms with E-state index in [-0.39, 0.29) is 5.69 Å². The number of pyridine rings is 1. The van der Waals surface area contributed by atoms with E-state index in [2.05, 4.69) is 20.3 Å². The van der Waals surface area contributed by atoms with Crippen LogP contribution in [0.5, 0.6) is 0 Å². The number of carbonyl (C=O) groups excluding carboxylic acids is 1. The highest BCUT2D eigenvalue weighted by molar-refractivity contribution is 6.02. The number of morpholine rings is 1. The quantitative estimate of drug-likeness (QED) is 0.725. The van der Waals surface area contributed by atoms with Gasteiger partial charge < -0.3 is 15.0 Å². The first-order chi connectivity index (χ1) is 14.1. The topological polar surface area (TPSA) is 89.4 Å². The van der Waals surface area contributed by atoms with Crippen molar-refractivity contribution in [3.05, 3.63) is 76.6 Å². The molecule has 2 aromatic heterocycles. The largest absolute Gasteiger partial charge is 0.378 e. The number of ether oxygens (including phenoxy) is 1. The number of rotatable bonds is 4. The third kappa shape index (κ3) is 4.30. The lowest BCUT2D eigenvalue weighted by atomic mass is 10.3. The van der Waals surface area contributed by atoms with Crippen molar-refractivity contribution >= 4 is 17.4 Å². The Balaban J connectivity index is 1.50. The van der Waals surface area contributed by atoms with Gasteiger partial charge in [-0.05, 0) is 42.5 Å². The third-order valence-electron chi connectivity index (χ3n) is 4.47. The van der Waals surface area contributed by atoms with Crippen LogP contribution in [0.4, 0.5) is 15.9 Å². The van der Waals surface area contributed by atoms with E-state index in [9.17, 15) is 14.0 Å². The number of nitrogens with one attached hydrogen (secondary N) is 1. The number of hydrogen-bond acceptors (Lipinski definition) is 6. The summed E-state index contributed by atoms with van der Waals surface area (Å²) < 4.78 is 19.5. The molecule has 148 valence electrons. The van der Waals surface area contributed by atoms with Crippen LogP contribution in [0.2, 0.25) is 0 Å². The Kier molecular flexibility index (Phi) is 5.30. The Morgan fingerprint density at radius 3 is 2.41 bits per heavy atom. The van der Waals surface area contributed by atoms with E-state index < -0.39 is 17.3 Å². The zero-order valence-electron chi connectivity index (χ0n) is 15.4. The summed E-state index contributed by atoms with van der Waals surface area (Å²) in [7, 11) is 0. The molecule has 0 spiro atoms. The van der Waals surface area contributed by atoms with Gasteiger partial charge in [-0.3, -0.25) is 9.59 Å². The Labute approximate surface area is 165 Å². The molecule has 0 radical (unpaired) electrons. The SMILES string of the molecule is O=C(Nc1ccc(N2CCOCC2)cn1)c1ccc(=O)n(-c2ccc(F)cc2)n1. The normalized spacial score (nSPS) is 13.9. The van der Waals surface area contributed by atoms with Crippen LogP contribution in [0.15, 0.2) is 59.5 Å². The van der Waals surface area contributed by atoms with E-state index in [0.29, 0.717) is 24.7 Å². The van der Waals surface area contributed by atoms with Crippen LogP contribution in [-0.4, -0.2) is 47.0 Å². The molecule has 0 aliphatic carbocycles. The van der Waals surface area contributed by atoms with Gasteiger partial charge in [-0.1, -0.05) is 0 Å². The molecule has 8 nitrogen and oxygen atoms in total. The van der Waals surface area contributed by atoms with E-state index in [0.717, 1.165) is 23.5 Å². The summed E-state index contributed by atoms with van der Waals surface area (Å²) in [5.74, 6) is -0.567. The molecule has 1 aliphatic heterocycles. The molecule has 0 saturated carbocycles. The number of halogens is 1. The summed E-state index contributed by atoms with van der Waals surface area (Å²) in [5.41, 5.74) is 0.919. The summed E-state index contributed by atoms with van der Waals surface area (Å²) in [6.45, 7) is 2.94. The summed E-state index contributed by atoms with van der Waals surface area (Å²) in [6.07, 6.45) is 1.69. The first-order valence-corrected chi connectivity index (χ1v) is 9.06. The molecule has 0 bridgehead atoms. The van der Waals surface area contributed by atoms with E-state index >= 15 is 0 Å². The summed E-state index contributed by atoms with van der Waals surface area (Å²) in [5, 5.41) is 6.74. The van der Waals surface area contributed by atoms with Crippen LogP contribution in [0.3, 0.4) is 0 Å². The average molecular weight is 395 g/mol. The molecule has 1 amide bonds. The first kappa shape index (κ1) is 18.8. The van der Waals surface area contributed by atoms with Crippen LogP contribution >= 0.6 is 0 Å². The lowest BCUT2D eigenvalue weighted by Gasteiger charge is -2.28. The third-order valence-corrected chi connectivity index (χ3v) is 4.47. The Morgan fingerprint density at radius 2 is 1.72 bits per heavy atom. The van der Waals surface area contributed by atoms with Crippen molar-refractivity contribution in [1.29, 1.82) is 0 Å². The number of benzene rings is 1. The maximum absolute atomic E-state index is 13.1. The van der Waals surface area contributed by atoms with E-state index in [1.54, 1.807) is 12.3 Å². The Hall–Kier alpha value is -3.59. The minimum atomic E-state index is -0.507. The van der Waals surface area contributed by atoms with Crippen LogP contribution in [0.1, 0.15) is 10.5 Å². The van der Waals surface area contributed by atoms with Gasteiger partial charge in [-0.2, -0.15) is 9.78 Å². The lowest BCUT2D eigenvalue weighted by Crippen LogP contribution is -2.36. The monoisotopic (exact) mass is 395 g/mol. The van der Waals surface area contributed by atoms with Gasteiger partial charge in [0.2, 0.25) is 0 Å². The highest BCUT2D eigenvalue weighted by atomic mass is 19.1. The minimum Gasteiger partial charge on any atom is -0.378 e. The molecule has 3 heterocycles. The van der Waals surface area contributed by atoms with Gasteiger partial charge in [-0.25, -0.2) is 9.37 Å². The van der Waals surface area contributed by atoms with Crippen molar-refractivity contribution in [2.24, 2.45) is 0 Å². The Morgan fingerprint density at radius 1 is 1.00 bits per heavy atom. The highest BCUT2D eigenvalue weighted by Crippen LogP contribution is 2.16. The van der Waals surface area contributed by atoms with Crippen molar-refractivity contribution in [1.82, 2.24) is 14.8 Å². The molecule has 9 heteroatoms. The zero-order chi connectivity index (χ0) is 20.2. The highest BCUT2D eigenvalue weighted by Gasteiger charge is 2.14. The molecule has 3 aromatic rings. The molecular weight excluding hydrogens is 377 g/mol. The van der Waals surface area contributed by atoms with Crippen LogP contribution < -0.4 is 15.8 Å². The summed E-state index contributed by atoms with van der Waals surface area (Å²) >= 11 is 0. The molecule has 1 saturated heterocycles. The molecular formula is C20H18FN5O3. The van der Waals surface area contributed by atoms with Gasteiger partial charge in [0.15, 0.2) is 0 Å². The second-order valence-corrected chi connectivity index (χ2v) is 6.40. The second kappa shape index (κ2) is 8.19. The molecule has 1 aliphatic rings. The predicted molar refractivity (Wildman–Crippen MR) is 105 cm³/mol. The molecule has 1 fully saturated rings. The van der Waals surface area contributed by atoms with Gasteiger partial charge in [0, 0.05) is 19.2 Å². The van der Waals surface area contributed by atoms with Gasteiger partial charge in [-0.15, -0.1) is 0 Å². The number of amides is 1. The minimum absolute atomic E-state index is 0.0352. The smallest absolute Gasteiger partial charge is 0.277 e. The Bertz CT molecular complexity index is 1060. The second-order valence-electron chi connectivity index (χ2n) is 6.40. The van der Waals surface area contributed by atoms with Crippen LogP contribution in [-0.2, 0) is 4.74 Å². The van der Waals surface area contributed by atoms with Crippen molar-refractivity contribution in [2.45, 2.75) is 0 Å². The number of carbonyl (C=O) groups is 1. The lowest BCUT2D eigenvalue weighted by molar-refractivity contribution is 0.102. The fourth-order valence-corrected chi connectivity index (χ4v) is 2.95. The number of aromatic nitrogens is 3. The van der Waals surface area contributed by atoms with E-state index in [1.165, 1.54) is 36.4 Å². The van der Waals surface area contributed by atoms with Crippen LogP contribution in [0.25, 0.3) is 5.69 Å². The fourth-order valence-electron chi connectivity index (χ4n) is 2.95. The van der Waals surface area contributed by atoms with Crippen molar-refractivity contribution in [3.63, 3.8) is 0 Å². The zero-order valence-corrected chi connectivity index (χ0v) is 15.4. The first-order valence-electron chi connectivity index (χ1n) is 9.06. The number of nitrogens with zero attached hydrogens (tertiary/aromatic N) is 4. The van der Waals surface area contributed by atoms with Gasteiger partial charge in [0.25, 0.3) is 11.5 Å². The molecule has 29 heavy (non-hydrogen) atoms. The van der Waals surface area contributed by atoms with Crippen LogP contribution in [0, 0.1) is 5.82 Å². The molecule has 0 unspecified atom stereocenters. The van der Waals surface area contributed by atoms with Gasteiger partial charge in [0.05, 0.1) is 30.8 Å². The fraction of sp³-hybridized carbons (Fsp3) is 0.200. The molecule has 0 atom stereocenters. The molecule has 1 N–H and O–H groups in total. The molecule has 4 rings (SSSR count). The standard InChI is InChI=1S/C20H18FN5O3/c21-14-1-3-15(4-2-14)26-19(27)8-6-17(24-26)20(28)23-18-7-5-16(13-22-18)25-9-11-29-12-10-25/h1-8,13H,9-12H2,(H,22,23,28). The number of hydrogen-bond donors (Lipinski definition) is 1. The van der Waals surface area contributed by atoms with Crippen molar-refractivity contribution < 1.29 is 13.9 Å². The van der Waals surface area contributed by atoms with Gasteiger partial charge in [0.1, 0.15) is 17.3 Å². The summed E-state index contributed by atoms with van der Waals surface area (Å²) in [6, 6.07) is 11.4. The van der Waals surface area contributed by atoms with Crippen molar-refractivity contribution in [2.75, 3.05) is 36.5 Å². The number of anilines is 2. The van der Waals surface area contributed by atoms with Crippen molar-refractivity contribution in [3.8, 4) is 5.69 Å². The maximum atomic E-state index is 13.1. The van der Waals surface area contributed by atoms with E-state index in [1.807, 2.05) is 6.07 Å². The summed E-state index contributed by atoms with van der Waals surface area (Å²) in [4.78, 5) is 31.0. The van der Waals surface area contributed by atoms with E-state index in [4.69, 9.17) is 4.74 Å². The average Bonchev–Trinajstić information content (AvgIpc) is 2.76. The van der Waals surface area contributed by atoms with Gasteiger partial charge >= 0.3 is 0 Å².